The van der Waals surface area contributed by atoms with Gasteiger partial charge in [-0.15, -0.1) is 0 Å². The molecule has 0 spiro atoms. The van der Waals surface area contributed by atoms with Gasteiger partial charge in [0.15, 0.2) is 0 Å². The molecular formula is C19H23N3O3S. The van der Waals surface area contributed by atoms with Crippen molar-refractivity contribution < 1.29 is 13.2 Å². The molecule has 0 unspecified atom stereocenters. The second-order valence-corrected chi connectivity index (χ2v) is 8.31. The van der Waals surface area contributed by atoms with Gasteiger partial charge in [-0.05, 0) is 48.7 Å². The first-order valence-corrected chi connectivity index (χ1v) is 10.2. The lowest BCUT2D eigenvalue weighted by Gasteiger charge is -2.31. The molecule has 1 saturated heterocycles. The molecule has 1 amide bonds. The van der Waals surface area contributed by atoms with Crippen LogP contribution in [0.2, 0.25) is 0 Å². The zero-order valence-electron chi connectivity index (χ0n) is 14.8. The summed E-state index contributed by atoms with van der Waals surface area (Å²) in [5.41, 5.74) is 1.30. The normalized spacial score (nSPS) is 14.3. The third-order valence-corrected chi connectivity index (χ3v) is 6.28. The van der Waals surface area contributed by atoms with Crippen molar-refractivity contribution in [3.63, 3.8) is 0 Å². The number of aromatic nitrogens is 1. The molecule has 1 aromatic carbocycles. The number of rotatable bonds is 7. The average Bonchev–Trinajstić information content (AvgIpc) is 2.61. The molecule has 2 heterocycles. The number of hydrogen-bond acceptors (Lipinski definition) is 4. The van der Waals surface area contributed by atoms with Gasteiger partial charge >= 0.3 is 0 Å². The number of pyridine rings is 1. The summed E-state index contributed by atoms with van der Waals surface area (Å²) in [4.78, 5) is 18.3. The topological polar surface area (TPSA) is 70.6 Å². The Morgan fingerprint density at radius 2 is 1.92 bits per heavy atom. The van der Waals surface area contributed by atoms with Gasteiger partial charge in [0, 0.05) is 44.1 Å². The number of amides is 1. The van der Waals surface area contributed by atoms with Gasteiger partial charge in [0.2, 0.25) is 10.0 Å². The van der Waals surface area contributed by atoms with E-state index in [4.69, 9.17) is 0 Å². The largest absolute Gasteiger partial charge is 0.339 e. The van der Waals surface area contributed by atoms with Gasteiger partial charge in [-0.25, -0.2) is 8.42 Å². The molecule has 1 aliphatic rings. The van der Waals surface area contributed by atoms with E-state index in [9.17, 15) is 13.2 Å². The van der Waals surface area contributed by atoms with Crippen LogP contribution in [0.25, 0.3) is 0 Å². The first-order valence-electron chi connectivity index (χ1n) is 8.81. The minimum absolute atomic E-state index is 0.107. The molecular weight excluding hydrogens is 350 g/mol. The number of likely N-dealkylation sites (tertiary alicyclic amines) is 1. The van der Waals surface area contributed by atoms with Crippen molar-refractivity contribution in [2.24, 2.45) is 0 Å². The molecule has 3 rings (SSSR count). The SMILES string of the molecule is CCCN(Cc1ccncc1)S(=O)(=O)c1cccc(C(=O)N2CCC2)c1. The van der Waals surface area contributed by atoms with Gasteiger partial charge in [-0.2, -0.15) is 4.31 Å². The minimum atomic E-state index is -3.69. The molecule has 26 heavy (non-hydrogen) atoms. The van der Waals surface area contributed by atoms with Gasteiger partial charge in [0.05, 0.1) is 4.90 Å². The van der Waals surface area contributed by atoms with Crippen LogP contribution in [0.3, 0.4) is 0 Å². The standard InChI is InChI=1S/C19H23N3O3S/c1-2-11-22(15-16-7-9-20-10-8-16)26(24,25)18-6-3-5-17(14-18)19(23)21-12-4-13-21/h3,5-10,14H,2,4,11-13,15H2,1H3. The number of carbonyl (C=O) groups excluding carboxylic acids is 1. The Kier molecular flexibility index (Phi) is 5.68. The van der Waals surface area contributed by atoms with Crippen LogP contribution in [0.5, 0.6) is 0 Å². The van der Waals surface area contributed by atoms with Crippen LogP contribution in [0, 0.1) is 0 Å². The van der Waals surface area contributed by atoms with E-state index in [1.807, 2.05) is 19.1 Å². The lowest BCUT2D eigenvalue weighted by atomic mass is 10.1. The summed E-state index contributed by atoms with van der Waals surface area (Å²) < 4.78 is 27.7. The van der Waals surface area contributed by atoms with Crippen molar-refractivity contribution >= 4 is 15.9 Å². The maximum absolute atomic E-state index is 13.1. The Hall–Kier alpha value is -2.25. The van der Waals surface area contributed by atoms with Gasteiger partial charge in [-0.1, -0.05) is 13.0 Å². The van der Waals surface area contributed by atoms with Crippen molar-refractivity contribution in [3.05, 3.63) is 59.9 Å². The first kappa shape index (κ1) is 18.5. The highest BCUT2D eigenvalue weighted by atomic mass is 32.2. The van der Waals surface area contributed by atoms with Crippen LogP contribution in [0.15, 0.2) is 53.7 Å². The Labute approximate surface area is 154 Å². The third kappa shape index (κ3) is 3.94. The molecule has 2 aromatic rings. The smallest absolute Gasteiger partial charge is 0.253 e. The lowest BCUT2D eigenvalue weighted by Crippen LogP contribution is -2.42. The summed E-state index contributed by atoms with van der Waals surface area (Å²) in [5, 5.41) is 0. The quantitative estimate of drug-likeness (QED) is 0.748. The Morgan fingerprint density at radius 3 is 2.54 bits per heavy atom. The van der Waals surface area contributed by atoms with Gasteiger partial charge in [0.1, 0.15) is 0 Å². The molecule has 1 aliphatic heterocycles. The van der Waals surface area contributed by atoms with Crippen LogP contribution in [-0.2, 0) is 16.6 Å². The third-order valence-electron chi connectivity index (χ3n) is 4.44. The maximum Gasteiger partial charge on any atom is 0.253 e. The molecule has 1 fully saturated rings. The highest BCUT2D eigenvalue weighted by Gasteiger charge is 2.27. The molecule has 0 bridgehead atoms. The van der Waals surface area contributed by atoms with E-state index in [1.165, 1.54) is 10.4 Å². The average molecular weight is 373 g/mol. The fourth-order valence-electron chi connectivity index (χ4n) is 2.87. The summed E-state index contributed by atoms with van der Waals surface area (Å²) in [7, 11) is -3.69. The lowest BCUT2D eigenvalue weighted by molar-refractivity contribution is 0.0651. The highest BCUT2D eigenvalue weighted by molar-refractivity contribution is 7.89. The number of benzene rings is 1. The fraction of sp³-hybridized carbons (Fsp3) is 0.368. The number of carbonyl (C=O) groups is 1. The van der Waals surface area contributed by atoms with Crippen molar-refractivity contribution in [2.45, 2.75) is 31.2 Å². The predicted octanol–water partition coefficient (Wildman–Crippen LogP) is 2.53. The number of sulfonamides is 1. The van der Waals surface area contributed by atoms with Crippen LogP contribution in [0.4, 0.5) is 0 Å². The second-order valence-electron chi connectivity index (χ2n) is 6.37. The Balaban J connectivity index is 1.87. The molecule has 6 nitrogen and oxygen atoms in total. The van der Waals surface area contributed by atoms with E-state index in [0.29, 0.717) is 18.5 Å². The van der Waals surface area contributed by atoms with Crippen LogP contribution in [0.1, 0.15) is 35.7 Å². The van der Waals surface area contributed by atoms with Gasteiger partial charge in [0.25, 0.3) is 5.91 Å². The zero-order valence-corrected chi connectivity index (χ0v) is 15.7. The van der Waals surface area contributed by atoms with Crippen LogP contribution in [-0.4, -0.2) is 48.1 Å². The maximum atomic E-state index is 13.1. The molecule has 0 N–H and O–H groups in total. The van der Waals surface area contributed by atoms with Crippen molar-refractivity contribution in [2.75, 3.05) is 19.6 Å². The molecule has 0 atom stereocenters. The Bertz CT molecular complexity index is 865. The first-order chi connectivity index (χ1) is 12.5. The van der Waals surface area contributed by atoms with Gasteiger partial charge < -0.3 is 4.90 Å². The van der Waals surface area contributed by atoms with Crippen LogP contribution < -0.4 is 0 Å². The highest BCUT2D eigenvalue weighted by Crippen LogP contribution is 2.21. The second kappa shape index (κ2) is 7.97. The van der Waals surface area contributed by atoms with E-state index in [-0.39, 0.29) is 17.3 Å². The number of nitrogens with zero attached hydrogens (tertiary/aromatic N) is 3. The minimum Gasteiger partial charge on any atom is -0.339 e. The summed E-state index contributed by atoms with van der Waals surface area (Å²) in [5.74, 6) is -0.107. The summed E-state index contributed by atoms with van der Waals surface area (Å²) in [6.45, 7) is 4.11. The monoisotopic (exact) mass is 373 g/mol. The zero-order chi connectivity index (χ0) is 18.6. The molecule has 0 radical (unpaired) electrons. The summed E-state index contributed by atoms with van der Waals surface area (Å²) in [6, 6.07) is 9.97. The van der Waals surface area contributed by atoms with E-state index in [2.05, 4.69) is 4.98 Å². The van der Waals surface area contributed by atoms with Gasteiger partial charge in [-0.3, -0.25) is 9.78 Å². The summed E-state index contributed by atoms with van der Waals surface area (Å²) >= 11 is 0. The molecule has 138 valence electrons. The molecule has 7 heteroatoms. The van der Waals surface area contributed by atoms with E-state index >= 15 is 0 Å². The molecule has 1 aromatic heterocycles. The molecule has 0 aliphatic carbocycles. The van der Waals surface area contributed by atoms with Crippen molar-refractivity contribution in [1.29, 1.82) is 0 Å². The fourth-order valence-corrected chi connectivity index (χ4v) is 4.43. The van der Waals surface area contributed by atoms with Crippen LogP contribution >= 0.6 is 0 Å². The van der Waals surface area contributed by atoms with E-state index in [0.717, 1.165) is 25.1 Å². The predicted molar refractivity (Wildman–Crippen MR) is 99.1 cm³/mol. The van der Waals surface area contributed by atoms with Crippen molar-refractivity contribution in [1.82, 2.24) is 14.2 Å². The Morgan fingerprint density at radius 1 is 1.19 bits per heavy atom. The summed E-state index contributed by atoms with van der Waals surface area (Å²) in [6.07, 6.45) is 5.01. The molecule has 0 saturated carbocycles. The number of hydrogen-bond donors (Lipinski definition) is 0. The van der Waals surface area contributed by atoms with E-state index in [1.54, 1.807) is 35.5 Å². The van der Waals surface area contributed by atoms with Crippen molar-refractivity contribution in [3.8, 4) is 0 Å². The van der Waals surface area contributed by atoms with E-state index < -0.39 is 10.0 Å².